The van der Waals surface area contributed by atoms with Gasteiger partial charge in [0.15, 0.2) is 0 Å². The summed E-state index contributed by atoms with van der Waals surface area (Å²) < 4.78 is 2.34. The summed E-state index contributed by atoms with van der Waals surface area (Å²) in [6.07, 6.45) is 17.2. The molecule has 0 amide bonds. The van der Waals surface area contributed by atoms with Crippen LogP contribution in [0.2, 0.25) is 0 Å². The molecule has 2 aliphatic carbocycles. The predicted molar refractivity (Wildman–Crippen MR) is 119 cm³/mol. The number of nitrogens with zero attached hydrogens (tertiary/aromatic N) is 2. The molecule has 0 radical (unpaired) electrons. The van der Waals surface area contributed by atoms with Crippen molar-refractivity contribution in [1.29, 1.82) is 0 Å². The molecule has 2 aromatic rings. The fourth-order valence-electron chi connectivity index (χ4n) is 3.68. The highest BCUT2D eigenvalue weighted by Gasteiger charge is 2.20. The van der Waals surface area contributed by atoms with E-state index in [0.29, 0.717) is 0 Å². The van der Waals surface area contributed by atoms with Gasteiger partial charge in [0, 0.05) is 28.8 Å². The molecule has 4 rings (SSSR count). The summed E-state index contributed by atoms with van der Waals surface area (Å²) in [5, 5.41) is 3.25. The molecule has 0 atom stereocenters. The fourth-order valence-corrected chi connectivity index (χ4v) is 4.59. The van der Waals surface area contributed by atoms with Gasteiger partial charge in [0.2, 0.25) is 0 Å². The van der Waals surface area contributed by atoms with Crippen LogP contribution in [0.15, 0.2) is 66.1 Å². The Bertz CT molecular complexity index is 1060. The third kappa shape index (κ3) is 3.24. The van der Waals surface area contributed by atoms with Crippen LogP contribution in [0.1, 0.15) is 43.0 Å². The maximum Gasteiger partial charge on any atom is 0.124 e. The topological polar surface area (TPSA) is 17.8 Å². The van der Waals surface area contributed by atoms with Crippen LogP contribution in [0.3, 0.4) is 0 Å². The zero-order valence-electron chi connectivity index (χ0n) is 16.1. The SMILES string of the molecule is C=C(C)c1cc(-c2csc(C3=CC=CCC=C3C)n2)n(C2=CC=CC2)c1C. The molecule has 2 heterocycles. The van der Waals surface area contributed by atoms with Crippen LogP contribution in [0.4, 0.5) is 0 Å². The summed E-state index contributed by atoms with van der Waals surface area (Å²) in [4.78, 5) is 5.02. The van der Waals surface area contributed by atoms with Crippen molar-refractivity contribution in [1.82, 2.24) is 9.55 Å². The average Bonchev–Trinajstić information content (AvgIpc) is 3.34. The minimum absolute atomic E-state index is 0.951. The first kappa shape index (κ1) is 17.7. The summed E-state index contributed by atoms with van der Waals surface area (Å²) in [7, 11) is 0. The second-order valence-electron chi connectivity index (χ2n) is 7.10. The molecule has 0 saturated heterocycles. The minimum atomic E-state index is 0.951. The highest BCUT2D eigenvalue weighted by atomic mass is 32.1. The van der Waals surface area contributed by atoms with Crippen LogP contribution >= 0.6 is 11.3 Å². The second-order valence-corrected chi connectivity index (χ2v) is 7.96. The maximum atomic E-state index is 5.02. The normalized spacial score (nSPS) is 16.2. The van der Waals surface area contributed by atoms with E-state index < -0.39 is 0 Å². The van der Waals surface area contributed by atoms with Crippen LogP contribution in [0.5, 0.6) is 0 Å². The molecular formula is C24H24N2S. The van der Waals surface area contributed by atoms with Gasteiger partial charge in [-0.2, -0.15) is 0 Å². The van der Waals surface area contributed by atoms with Crippen molar-refractivity contribution < 1.29 is 0 Å². The van der Waals surface area contributed by atoms with Gasteiger partial charge in [-0.3, -0.25) is 0 Å². The van der Waals surface area contributed by atoms with E-state index >= 15 is 0 Å². The summed E-state index contributed by atoms with van der Waals surface area (Å²) in [5.74, 6) is 0. The molecule has 0 spiro atoms. The first-order valence-electron chi connectivity index (χ1n) is 9.31. The standard InChI is InChI=1S/C24H24N2S/c1-16(2)21-14-23(26(18(21)4)19-11-8-9-12-19)22-15-27-24(25-22)20-13-7-5-6-10-17(20)3/h5,7-11,13-15H,1,6,12H2,2-4H3. The van der Waals surface area contributed by atoms with Crippen molar-refractivity contribution in [3.63, 3.8) is 0 Å². The van der Waals surface area contributed by atoms with Crippen LogP contribution in [0, 0.1) is 6.92 Å². The third-order valence-electron chi connectivity index (χ3n) is 5.13. The lowest BCUT2D eigenvalue weighted by Crippen LogP contribution is -2.01. The van der Waals surface area contributed by atoms with E-state index in [-0.39, 0.29) is 0 Å². The molecule has 2 nitrogen and oxygen atoms in total. The van der Waals surface area contributed by atoms with Crippen molar-refractivity contribution in [2.45, 2.75) is 33.6 Å². The van der Waals surface area contributed by atoms with Crippen molar-refractivity contribution in [3.8, 4) is 11.4 Å². The molecule has 27 heavy (non-hydrogen) atoms. The fraction of sp³-hybridized carbons (Fsp3) is 0.208. The lowest BCUT2D eigenvalue weighted by atomic mass is 10.1. The molecule has 0 saturated carbocycles. The van der Waals surface area contributed by atoms with Crippen LogP contribution in [0.25, 0.3) is 28.2 Å². The van der Waals surface area contributed by atoms with Gasteiger partial charge in [-0.1, -0.05) is 43.0 Å². The second kappa shape index (κ2) is 7.16. The maximum absolute atomic E-state index is 5.02. The summed E-state index contributed by atoms with van der Waals surface area (Å²) >= 11 is 1.71. The molecule has 0 aliphatic heterocycles. The van der Waals surface area contributed by atoms with Gasteiger partial charge in [-0.05, 0) is 56.0 Å². The molecule has 136 valence electrons. The first-order chi connectivity index (χ1) is 13.1. The first-order valence-corrected chi connectivity index (χ1v) is 10.2. The largest absolute Gasteiger partial charge is 0.315 e. The average molecular weight is 373 g/mol. The van der Waals surface area contributed by atoms with E-state index in [1.165, 1.54) is 28.1 Å². The predicted octanol–water partition coefficient (Wildman–Crippen LogP) is 7.04. The van der Waals surface area contributed by atoms with Gasteiger partial charge >= 0.3 is 0 Å². The van der Waals surface area contributed by atoms with Gasteiger partial charge in [-0.25, -0.2) is 4.98 Å². The van der Waals surface area contributed by atoms with E-state index in [4.69, 9.17) is 4.98 Å². The number of hydrogen-bond donors (Lipinski definition) is 0. The van der Waals surface area contributed by atoms with Crippen LogP contribution < -0.4 is 0 Å². The Labute approximate surface area is 165 Å². The Morgan fingerprint density at radius 2 is 2.00 bits per heavy atom. The molecule has 0 N–H and O–H groups in total. The van der Waals surface area contributed by atoms with Crippen molar-refractivity contribution in [2.24, 2.45) is 0 Å². The zero-order valence-corrected chi connectivity index (χ0v) is 16.9. The highest BCUT2D eigenvalue weighted by molar-refractivity contribution is 7.11. The smallest absolute Gasteiger partial charge is 0.124 e. The Hall–Kier alpha value is -2.65. The number of hydrogen-bond acceptors (Lipinski definition) is 2. The monoisotopic (exact) mass is 372 g/mol. The molecule has 2 aliphatic rings. The Balaban J connectivity index is 1.82. The van der Waals surface area contributed by atoms with Gasteiger partial charge < -0.3 is 4.57 Å². The summed E-state index contributed by atoms with van der Waals surface area (Å²) in [6, 6.07) is 2.24. The third-order valence-corrected chi connectivity index (χ3v) is 6.00. The molecule has 0 unspecified atom stereocenters. The molecule has 3 heteroatoms. The van der Waals surface area contributed by atoms with Gasteiger partial charge in [0.05, 0.1) is 11.4 Å². The molecule has 0 aromatic carbocycles. The Morgan fingerprint density at radius 3 is 2.74 bits per heavy atom. The number of aromatic nitrogens is 2. The Kier molecular flexibility index (Phi) is 4.71. The zero-order chi connectivity index (χ0) is 19.0. The van der Waals surface area contributed by atoms with Crippen LogP contribution in [-0.2, 0) is 0 Å². The molecule has 0 fully saturated rings. The highest BCUT2D eigenvalue weighted by Crippen LogP contribution is 2.36. The van der Waals surface area contributed by atoms with E-state index in [2.05, 4.69) is 85.9 Å². The lowest BCUT2D eigenvalue weighted by Gasteiger charge is -2.12. The van der Waals surface area contributed by atoms with Crippen molar-refractivity contribution in [3.05, 3.63) is 82.4 Å². The molecule has 2 aromatic heterocycles. The van der Waals surface area contributed by atoms with Gasteiger partial charge in [0.1, 0.15) is 5.01 Å². The quantitative estimate of drug-likeness (QED) is 0.562. The lowest BCUT2D eigenvalue weighted by molar-refractivity contribution is 1.01. The van der Waals surface area contributed by atoms with E-state index in [1.54, 1.807) is 11.3 Å². The minimum Gasteiger partial charge on any atom is -0.315 e. The number of rotatable bonds is 4. The van der Waals surface area contributed by atoms with Gasteiger partial charge in [0.25, 0.3) is 0 Å². The number of allylic oxidation sites excluding steroid dienone is 11. The molecule has 0 bridgehead atoms. The van der Waals surface area contributed by atoms with E-state index in [0.717, 1.165) is 34.8 Å². The Morgan fingerprint density at radius 1 is 1.19 bits per heavy atom. The summed E-state index contributed by atoms with van der Waals surface area (Å²) in [6.45, 7) is 10.6. The van der Waals surface area contributed by atoms with Crippen molar-refractivity contribution >= 4 is 28.2 Å². The van der Waals surface area contributed by atoms with Gasteiger partial charge in [-0.15, -0.1) is 11.3 Å². The molecular weight excluding hydrogens is 348 g/mol. The van der Waals surface area contributed by atoms with Crippen LogP contribution in [-0.4, -0.2) is 9.55 Å². The van der Waals surface area contributed by atoms with E-state index in [1.807, 2.05) is 0 Å². The summed E-state index contributed by atoms with van der Waals surface area (Å²) in [5.41, 5.74) is 9.50. The van der Waals surface area contributed by atoms with E-state index in [9.17, 15) is 0 Å². The number of thiazole rings is 1. The van der Waals surface area contributed by atoms with Crippen molar-refractivity contribution in [2.75, 3.05) is 0 Å².